The molecule has 1 aromatic carbocycles. The SMILES string of the molecule is C=CCOc1ccc(C2C(=C(O)c3c(C)[nH]c(C(=O)OC)c3C)C(=O)C(=O)N2CCCN2CCOCC2)cc1. The molecule has 1 unspecified atom stereocenters. The summed E-state index contributed by atoms with van der Waals surface area (Å²) < 4.78 is 15.9. The topological polar surface area (TPSA) is 121 Å². The van der Waals surface area contributed by atoms with Gasteiger partial charge in [0.25, 0.3) is 11.7 Å². The molecule has 10 nitrogen and oxygen atoms in total. The van der Waals surface area contributed by atoms with Crippen molar-refractivity contribution in [3.05, 3.63) is 70.6 Å². The maximum atomic E-state index is 13.4. The Morgan fingerprint density at radius 1 is 1.18 bits per heavy atom. The fourth-order valence-electron chi connectivity index (χ4n) is 5.19. The number of amides is 1. The summed E-state index contributed by atoms with van der Waals surface area (Å²) in [5, 5.41) is 11.5. The first-order chi connectivity index (χ1) is 18.8. The average molecular weight is 538 g/mol. The van der Waals surface area contributed by atoms with E-state index in [1.165, 1.54) is 12.0 Å². The number of aromatic nitrogens is 1. The summed E-state index contributed by atoms with van der Waals surface area (Å²) in [6.07, 6.45) is 2.29. The highest BCUT2D eigenvalue weighted by molar-refractivity contribution is 6.46. The van der Waals surface area contributed by atoms with E-state index in [4.69, 9.17) is 14.2 Å². The van der Waals surface area contributed by atoms with Gasteiger partial charge in [-0.25, -0.2) is 4.79 Å². The molecule has 2 N–H and O–H groups in total. The lowest BCUT2D eigenvalue weighted by Crippen LogP contribution is -2.38. The second-order valence-corrected chi connectivity index (χ2v) is 9.59. The Labute approximate surface area is 227 Å². The van der Waals surface area contributed by atoms with E-state index < -0.39 is 23.7 Å². The van der Waals surface area contributed by atoms with E-state index in [9.17, 15) is 19.5 Å². The van der Waals surface area contributed by atoms with Crippen LogP contribution in [0.25, 0.3) is 5.76 Å². The number of aliphatic hydroxyl groups excluding tert-OH is 1. The highest BCUT2D eigenvalue weighted by Gasteiger charge is 2.46. The number of nitrogens with zero attached hydrogens (tertiary/aromatic N) is 2. The summed E-state index contributed by atoms with van der Waals surface area (Å²) in [5.41, 5.74) is 2.03. The van der Waals surface area contributed by atoms with Crippen molar-refractivity contribution in [2.24, 2.45) is 0 Å². The lowest BCUT2D eigenvalue weighted by atomic mass is 9.94. The van der Waals surface area contributed by atoms with Crippen LogP contribution in [-0.4, -0.2) is 90.7 Å². The number of Topliss-reactive ketones (excluding diaryl/α,β-unsaturated/α-hetero) is 1. The van der Waals surface area contributed by atoms with Crippen LogP contribution in [0.4, 0.5) is 0 Å². The molecule has 1 amide bonds. The minimum atomic E-state index is -0.807. The summed E-state index contributed by atoms with van der Waals surface area (Å²) in [6.45, 7) is 11.4. The number of ether oxygens (including phenoxy) is 3. The van der Waals surface area contributed by atoms with E-state index >= 15 is 0 Å². The Bertz CT molecular complexity index is 1270. The van der Waals surface area contributed by atoms with Gasteiger partial charge in [0, 0.05) is 37.4 Å². The van der Waals surface area contributed by atoms with Crippen LogP contribution < -0.4 is 4.74 Å². The number of esters is 1. The van der Waals surface area contributed by atoms with Crippen LogP contribution in [-0.2, 0) is 19.1 Å². The second-order valence-electron chi connectivity index (χ2n) is 9.59. The Hall–Kier alpha value is -3.89. The van der Waals surface area contributed by atoms with Crippen LogP contribution in [0.5, 0.6) is 5.75 Å². The number of methoxy groups -OCH3 is 1. The zero-order chi connectivity index (χ0) is 28.1. The maximum Gasteiger partial charge on any atom is 0.354 e. The van der Waals surface area contributed by atoms with Gasteiger partial charge in [-0.3, -0.25) is 14.5 Å². The predicted octanol–water partition coefficient (Wildman–Crippen LogP) is 3.13. The number of carbonyl (C=O) groups excluding carboxylic acids is 3. The van der Waals surface area contributed by atoms with Crippen molar-refractivity contribution < 1.29 is 33.7 Å². The lowest BCUT2D eigenvalue weighted by molar-refractivity contribution is -0.140. The Morgan fingerprint density at radius 2 is 1.87 bits per heavy atom. The molecule has 0 bridgehead atoms. The van der Waals surface area contributed by atoms with Crippen molar-refractivity contribution in [2.45, 2.75) is 26.3 Å². The molecule has 2 fully saturated rings. The quantitative estimate of drug-likeness (QED) is 0.156. The van der Waals surface area contributed by atoms with Crippen LogP contribution in [0.15, 0.2) is 42.5 Å². The molecule has 0 saturated carbocycles. The van der Waals surface area contributed by atoms with Crippen LogP contribution in [0.2, 0.25) is 0 Å². The first kappa shape index (κ1) is 28.1. The molecular weight excluding hydrogens is 502 g/mol. The van der Waals surface area contributed by atoms with Crippen LogP contribution in [0.1, 0.15) is 45.3 Å². The first-order valence-corrected chi connectivity index (χ1v) is 13.0. The third kappa shape index (κ3) is 5.76. The zero-order valence-corrected chi connectivity index (χ0v) is 22.6. The van der Waals surface area contributed by atoms with Gasteiger partial charge < -0.3 is 29.2 Å². The molecule has 208 valence electrons. The molecule has 3 heterocycles. The number of aryl methyl sites for hydroxylation is 1. The van der Waals surface area contributed by atoms with E-state index in [-0.39, 0.29) is 17.0 Å². The summed E-state index contributed by atoms with van der Waals surface area (Å²) in [5.74, 6) is -1.75. The number of benzene rings is 1. The van der Waals surface area contributed by atoms with Crippen molar-refractivity contribution in [1.82, 2.24) is 14.8 Å². The summed E-state index contributed by atoms with van der Waals surface area (Å²) in [7, 11) is 1.27. The number of nitrogens with one attached hydrogen (secondary N) is 1. The van der Waals surface area contributed by atoms with Crippen LogP contribution in [0, 0.1) is 13.8 Å². The monoisotopic (exact) mass is 537 g/mol. The van der Waals surface area contributed by atoms with Crippen LogP contribution >= 0.6 is 0 Å². The van der Waals surface area contributed by atoms with E-state index in [0.717, 1.165) is 19.6 Å². The number of hydrogen-bond donors (Lipinski definition) is 2. The Morgan fingerprint density at radius 3 is 2.51 bits per heavy atom. The van der Waals surface area contributed by atoms with Gasteiger partial charge in [0.15, 0.2) is 0 Å². The van der Waals surface area contributed by atoms with Gasteiger partial charge in [-0.15, -0.1) is 0 Å². The van der Waals surface area contributed by atoms with Crippen molar-refractivity contribution >= 4 is 23.4 Å². The fourth-order valence-corrected chi connectivity index (χ4v) is 5.19. The van der Waals surface area contributed by atoms with Gasteiger partial charge in [-0.2, -0.15) is 0 Å². The van der Waals surface area contributed by atoms with Crippen LogP contribution in [0.3, 0.4) is 0 Å². The van der Waals surface area contributed by atoms with Gasteiger partial charge in [-0.1, -0.05) is 24.8 Å². The van der Waals surface area contributed by atoms with E-state index in [0.29, 0.717) is 60.9 Å². The van der Waals surface area contributed by atoms with Crippen molar-refractivity contribution in [2.75, 3.05) is 53.1 Å². The van der Waals surface area contributed by atoms with Crippen molar-refractivity contribution in [1.29, 1.82) is 0 Å². The minimum absolute atomic E-state index is 0.0206. The maximum absolute atomic E-state index is 13.4. The summed E-state index contributed by atoms with van der Waals surface area (Å²) in [6, 6.07) is 6.28. The summed E-state index contributed by atoms with van der Waals surface area (Å²) in [4.78, 5) is 45.7. The Kier molecular flexibility index (Phi) is 8.88. The minimum Gasteiger partial charge on any atom is -0.507 e. The second kappa shape index (κ2) is 12.3. The largest absolute Gasteiger partial charge is 0.507 e. The number of morpholine rings is 1. The number of rotatable bonds is 10. The molecule has 0 radical (unpaired) electrons. The zero-order valence-electron chi connectivity index (χ0n) is 22.6. The molecule has 1 aromatic heterocycles. The van der Waals surface area contributed by atoms with Gasteiger partial charge in [0.1, 0.15) is 23.8 Å². The molecule has 0 spiro atoms. The molecule has 2 aliphatic heterocycles. The number of H-pyrrole nitrogens is 1. The number of hydrogen-bond acceptors (Lipinski definition) is 8. The van der Waals surface area contributed by atoms with Gasteiger partial charge in [0.05, 0.1) is 31.9 Å². The average Bonchev–Trinajstić information content (AvgIpc) is 3.39. The molecule has 39 heavy (non-hydrogen) atoms. The standard InChI is InChI=1S/C29H35N3O7/c1-5-15-39-21-9-7-20(8-10-21)25-23(26(33)22-18(2)24(29(36)37-4)30-19(22)3)27(34)28(35)32(25)12-6-11-31-13-16-38-17-14-31/h5,7-10,25,30,33H,1,6,11-17H2,2-4H3. The third-order valence-corrected chi connectivity index (χ3v) is 7.14. The molecule has 4 rings (SSSR count). The number of ketones is 1. The smallest absolute Gasteiger partial charge is 0.354 e. The van der Waals surface area contributed by atoms with E-state index in [2.05, 4.69) is 16.5 Å². The molecule has 10 heteroatoms. The van der Waals surface area contributed by atoms with Gasteiger partial charge in [-0.05, 0) is 43.5 Å². The third-order valence-electron chi connectivity index (χ3n) is 7.14. The fraction of sp³-hybridized carbons (Fsp3) is 0.414. The van der Waals surface area contributed by atoms with E-state index in [1.807, 2.05) is 0 Å². The highest BCUT2D eigenvalue weighted by Crippen LogP contribution is 2.41. The van der Waals surface area contributed by atoms with E-state index in [1.54, 1.807) is 44.2 Å². The first-order valence-electron chi connectivity index (χ1n) is 13.0. The predicted molar refractivity (Wildman–Crippen MR) is 145 cm³/mol. The molecule has 2 aromatic rings. The van der Waals surface area contributed by atoms with Crippen molar-refractivity contribution in [3.63, 3.8) is 0 Å². The van der Waals surface area contributed by atoms with Crippen molar-refractivity contribution in [3.8, 4) is 5.75 Å². The van der Waals surface area contributed by atoms with Gasteiger partial charge in [0.2, 0.25) is 0 Å². The molecule has 2 aliphatic rings. The number of aliphatic hydroxyl groups is 1. The normalized spacial score (nSPS) is 19.4. The summed E-state index contributed by atoms with van der Waals surface area (Å²) >= 11 is 0. The molecule has 2 saturated heterocycles. The number of aromatic amines is 1. The lowest BCUT2D eigenvalue weighted by Gasteiger charge is -2.29. The molecular formula is C29H35N3O7. The molecule has 1 atom stereocenters. The number of likely N-dealkylation sites (tertiary alicyclic amines) is 1. The van der Waals surface area contributed by atoms with Gasteiger partial charge >= 0.3 is 5.97 Å². The number of carbonyl (C=O) groups is 3. The Balaban J connectivity index is 1.73. The highest BCUT2D eigenvalue weighted by atomic mass is 16.5. The molecule has 0 aliphatic carbocycles.